The molecular weight excluding hydrogens is 588 g/mol. The highest BCUT2D eigenvalue weighted by Gasteiger charge is 2.78. The van der Waals surface area contributed by atoms with E-state index in [2.05, 4.69) is 46.8 Å². The van der Waals surface area contributed by atoms with Crippen molar-refractivity contribution in [2.45, 2.75) is 148 Å². The molecule has 0 amide bonds. The molecule has 2 saturated heterocycles. The molecule has 2 aliphatic heterocycles. The van der Waals surface area contributed by atoms with Crippen LogP contribution in [-0.2, 0) is 18.9 Å². The average Bonchev–Trinajstić information content (AvgIpc) is 3.37. The van der Waals surface area contributed by atoms with Crippen LogP contribution in [0, 0.1) is 45.3 Å². The van der Waals surface area contributed by atoms with Crippen LogP contribution in [-0.4, -0.2) is 94.1 Å². The van der Waals surface area contributed by atoms with E-state index < -0.39 is 54.4 Å². The Bertz CT molecular complexity index is 1200. The van der Waals surface area contributed by atoms with Gasteiger partial charge in [-0.1, -0.05) is 58.4 Å². The number of hydrogen-bond donors (Lipinski definition) is 5. The van der Waals surface area contributed by atoms with Crippen molar-refractivity contribution < 1.29 is 44.5 Å². The van der Waals surface area contributed by atoms with Gasteiger partial charge in [0.2, 0.25) is 0 Å². The van der Waals surface area contributed by atoms with E-state index in [0.29, 0.717) is 18.3 Å². The molecule has 3 saturated carbocycles. The third-order valence-corrected chi connectivity index (χ3v) is 14.6. The van der Waals surface area contributed by atoms with Crippen LogP contribution in [0.25, 0.3) is 0 Å². The molecule has 2 bridgehead atoms. The fourth-order valence-electron chi connectivity index (χ4n) is 12.1. The minimum atomic E-state index is -1.49. The first kappa shape index (κ1) is 35.0. The Kier molecular flexibility index (Phi) is 9.02. The lowest BCUT2D eigenvalue weighted by Gasteiger charge is -2.65. The smallest absolute Gasteiger partial charge is 0.186 e. The molecule has 2 heterocycles. The molecule has 9 nitrogen and oxygen atoms in total. The third-order valence-electron chi connectivity index (χ3n) is 14.6. The standard InChI is InChI=1S/C37H60O9/c1-20(2)17-22(39)18-21(3)23-11-13-35(7)25-12-14-37-26(36(25,32(43-8)46-37)16-15-34(23,35)6)9-10-27(33(37,4)5)45-31-30(42)29(41)28(40)24(19-38)44-31/h12,14,17,21-32,38-42H,9-11,13,15-16,18-19H2,1-8H3/t21-,22+,23-,24-,25+,26+,27+,28-,29+,30-,31+,32-,34-,35+,36+,37-/m1/s1. The Morgan fingerprint density at radius 1 is 0.978 bits per heavy atom. The van der Waals surface area contributed by atoms with Crippen molar-refractivity contribution in [3.8, 4) is 0 Å². The van der Waals surface area contributed by atoms with Crippen LogP contribution in [0.1, 0.15) is 93.4 Å². The number of methoxy groups -OCH3 is 1. The van der Waals surface area contributed by atoms with Gasteiger partial charge in [0.15, 0.2) is 12.6 Å². The molecule has 5 fully saturated rings. The Labute approximate surface area is 275 Å². The van der Waals surface area contributed by atoms with Crippen molar-refractivity contribution in [1.29, 1.82) is 0 Å². The number of allylic oxidation sites excluding steroid dienone is 2. The summed E-state index contributed by atoms with van der Waals surface area (Å²) >= 11 is 0. The number of rotatable bonds is 8. The second kappa shape index (κ2) is 11.9. The molecule has 5 N–H and O–H groups in total. The molecule has 262 valence electrons. The van der Waals surface area contributed by atoms with Gasteiger partial charge in [-0.15, -0.1) is 0 Å². The molecular formula is C37H60O9. The van der Waals surface area contributed by atoms with Gasteiger partial charge in [-0.25, -0.2) is 0 Å². The van der Waals surface area contributed by atoms with Crippen LogP contribution in [0.4, 0.5) is 0 Å². The largest absolute Gasteiger partial charge is 0.394 e. The van der Waals surface area contributed by atoms with Gasteiger partial charge in [0.25, 0.3) is 0 Å². The first-order valence-electron chi connectivity index (χ1n) is 17.7. The maximum Gasteiger partial charge on any atom is 0.186 e. The van der Waals surface area contributed by atoms with Crippen molar-refractivity contribution in [1.82, 2.24) is 0 Å². The maximum atomic E-state index is 10.8. The molecule has 0 aromatic heterocycles. The predicted molar refractivity (Wildman–Crippen MR) is 172 cm³/mol. The van der Waals surface area contributed by atoms with Crippen molar-refractivity contribution in [3.05, 3.63) is 23.8 Å². The van der Waals surface area contributed by atoms with Gasteiger partial charge in [-0.2, -0.15) is 0 Å². The summed E-state index contributed by atoms with van der Waals surface area (Å²) in [6, 6.07) is 0. The average molecular weight is 649 g/mol. The first-order valence-corrected chi connectivity index (χ1v) is 17.7. The quantitative estimate of drug-likeness (QED) is 0.247. The van der Waals surface area contributed by atoms with Gasteiger partial charge < -0.3 is 44.5 Å². The number of aliphatic hydroxyl groups is 5. The van der Waals surface area contributed by atoms with Crippen molar-refractivity contribution in [2.75, 3.05) is 13.7 Å². The van der Waals surface area contributed by atoms with Crippen LogP contribution in [0.2, 0.25) is 0 Å². The lowest BCUT2D eigenvalue weighted by Crippen LogP contribution is -2.66. The van der Waals surface area contributed by atoms with E-state index in [1.165, 1.54) is 0 Å². The zero-order valence-electron chi connectivity index (χ0n) is 29.2. The second-order valence-corrected chi connectivity index (χ2v) is 17.1. The number of aliphatic hydroxyl groups excluding tert-OH is 5. The lowest BCUT2D eigenvalue weighted by atomic mass is 9.38. The molecule has 6 aliphatic rings. The molecule has 9 heteroatoms. The highest BCUT2D eigenvalue weighted by molar-refractivity contribution is 5.34. The summed E-state index contributed by atoms with van der Waals surface area (Å²) in [5, 5.41) is 52.0. The van der Waals surface area contributed by atoms with Gasteiger partial charge >= 0.3 is 0 Å². The second-order valence-electron chi connectivity index (χ2n) is 17.1. The number of hydrogen-bond acceptors (Lipinski definition) is 9. The monoisotopic (exact) mass is 648 g/mol. The van der Waals surface area contributed by atoms with Crippen molar-refractivity contribution >= 4 is 0 Å². The van der Waals surface area contributed by atoms with E-state index in [9.17, 15) is 25.5 Å². The summed E-state index contributed by atoms with van der Waals surface area (Å²) in [5.74, 6) is 1.42. The molecule has 0 aromatic rings. The van der Waals surface area contributed by atoms with E-state index >= 15 is 0 Å². The fourth-order valence-corrected chi connectivity index (χ4v) is 12.1. The summed E-state index contributed by atoms with van der Waals surface area (Å²) in [5.41, 5.74) is -0.0791. The summed E-state index contributed by atoms with van der Waals surface area (Å²) < 4.78 is 25.7. The summed E-state index contributed by atoms with van der Waals surface area (Å²) in [6.07, 6.45) is 5.75. The first-order chi connectivity index (χ1) is 21.5. The summed E-state index contributed by atoms with van der Waals surface area (Å²) in [4.78, 5) is 0. The van der Waals surface area contributed by atoms with Gasteiger partial charge in [0, 0.05) is 23.9 Å². The Morgan fingerprint density at radius 2 is 1.70 bits per heavy atom. The van der Waals surface area contributed by atoms with E-state index in [1.807, 2.05) is 19.9 Å². The summed E-state index contributed by atoms with van der Waals surface area (Å²) in [7, 11) is 1.77. The van der Waals surface area contributed by atoms with Crippen LogP contribution in [0.5, 0.6) is 0 Å². The zero-order valence-corrected chi connectivity index (χ0v) is 29.2. The van der Waals surface area contributed by atoms with E-state index in [0.717, 1.165) is 44.1 Å². The zero-order chi connectivity index (χ0) is 33.6. The number of ether oxygens (including phenoxy) is 4. The van der Waals surface area contributed by atoms with E-state index in [-0.39, 0.29) is 40.5 Å². The molecule has 0 unspecified atom stereocenters. The molecule has 0 aromatic carbocycles. The van der Waals surface area contributed by atoms with E-state index in [1.54, 1.807) is 7.11 Å². The molecule has 46 heavy (non-hydrogen) atoms. The highest BCUT2D eigenvalue weighted by atomic mass is 16.7. The minimum absolute atomic E-state index is 0.0482. The highest BCUT2D eigenvalue weighted by Crippen LogP contribution is 2.79. The van der Waals surface area contributed by atoms with Gasteiger partial charge in [-0.3, -0.25) is 0 Å². The summed E-state index contributed by atoms with van der Waals surface area (Å²) in [6.45, 7) is 15.3. The van der Waals surface area contributed by atoms with E-state index in [4.69, 9.17) is 18.9 Å². The minimum Gasteiger partial charge on any atom is -0.394 e. The van der Waals surface area contributed by atoms with Gasteiger partial charge in [-0.05, 0) is 87.4 Å². The van der Waals surface area contributed by atoms with Crippen LogP contribution in [0.3, 0.4) is 0 Å². The normalized spacial score (nSPS) is 51.9. The van der Waals surface area contributed by atoms with Crippen molar-refractivity contribution in [2.24, 2.45) is 45.3 Å². The molecule has 4 aliphatic carbocycles. The Hall–Kier alpha value is -0.880. The fraction of sp³-hybridized carbons (Fsp3) is 0.892. The van der Waals surface area contributed by atoms with Gasteiger partial charge in [0.05, 0.1) is 18.8 Å². The van der Waals surface area contributed by atoms with Gasteiger partial charge in [0.1, 0.15) is 30.0 Å². The predicted octanol–water partition coefficient (Wildman–Crippen LogP) is 4.09. The third kappa shape index (κ3) is 4.66. The molecule has 0 radical (unpaired) electrons. The Balaban J connectivity index is 1.30. The lowest BCUT2D eigenvalue weighted by molar-refractivity contribution is -0.331. The van der Waals surface area contributed by atoms with Crippen molar-refractivity contribution in [3.63, 3.8) is 0 Å². The molecule has 16 atom stereocenters. The van der Waals surface area contributed by atoms with Crippen LogP contribution in [0.15, 0.2) is 23.8 Å². The SMILES string of the molecule is CO[C@@H]1O[C@]23C=C[C@@H]4[C@@]1(CC[C@]1(C)[C@@H]([C@H](C)C[C@@H](O)C=C(C)C)CC[C@@]41C)[C@@H]2CC[C@H](O[C@@H]1O[C@H](CO)[C@@H](O)[C@H](O)[C@H]1O)C3(C)C. The Morgan fingerprint density at radius 3 is 2.35 bits per heavy atom. The molecule has 6 rings (SSSR count). The maximum absolute atomic E-state index is 10.8. The van der Waals surface area contributed by atoms with Crippen LogP contribution >= 0.6 is 0 Å². The molecule has 1 spiro atoms. The topological polar surface area (TPSA) is 138 Å². The van der Waals surface area contributed by atoms with Crippen LogP contribution < -0.4 is 0 Å². The number of fused-ring (bicyclic) bond motifs is 2.